The standard InChI is InChI=1S/C13H16N2O2S2/c1-10(12-7-5-9-18-12)15(2)19(16,17)13-8-4-3-6-11(13)14/h3-10H,14H2,1-2H3. The van der Waals surface area contributed by atoms with E-state index in [0.29, 0.717) is 0 Å². The van der Waals surface area contributed by atoms with E-state index < -0.39 is 10.0 Å². The number of thiophene rings is 1. The van der Waals surface area contributed by atoms with Crippen molar-refractivity contribution in [1.29, 1.82) is 0 Å². The average molecular weight is 296 g/mol. The van der Waals surface area contributed by atoms with E-state index in [0.717, 1.165) is 4.88 Å². The van der Waals surface area contributed by atoms with E-state index in [1.165, 1.54) is 21.7 Å². The maximum absolute atomic E-state index is 12.5. The van der Waals surface area contributed by atoms with E-state index in [-0.39, 0.29) is 16.6 Å². The van der Waals surface area contributed by atoms with E-state index in [2.05, 4.69) is 0 Å². The zero-order valence-electron chi connectivity index (χ0n) is 10.8. The van der Waals surface area contributed by atoms with Crippen molar-refractivity contribution in [3.05, 3.63) is 46.7 Å². The summed E-state index contributed by atoms with van der Waals surface area (Å²) in [5.41, 5.74) is 6.03. The number of para-hydroxylation sites is 1. The lowest BCUT2D eigenvalue weighted by Gasteiger charge is -2.24. The lowest BCUT2D eigenvalue weighted by molar-refractivity contribution is 0.403. The highest BCUT2D eigenvalue weighted by molar-refractivity contribution is 7.89. The molecule has 102 valence electrons. The molecule has 0 fully saturated rings. The molecule has 0 aliphatic rings. The highest BCUT2D eigenvalue weighted by atomic mass is 32.2. The number of hydrogen-bond acceptors (Lipinski definition) is 4. The van der Waals surface area contributed by atoms with Crippen LogP contribution in [0.3, 0.4) is 0 Å². The van der Waals surface area contributed by atoms with E-state index in [1.807, 2.05) is 24.4 Å². The van der Waals surface area contributed by atoms with Crippen molar-refractivity contribution in [3.8, 4) is 0 Å². The van der Waals surface area contributed by atoms with E-state index >= 15 is 0 Å². The first kappa shape index (κ1) is 14.0. The monoisotopic (exact) mass is 296 g/mol. The van der Waals surface area contributed by atoms with Crippen LogP contribution in [0.2, 0.25) is 0 Å². The molecule has 0 spiro atoms. The van der Waals surface area contributed by atoms with Crippen LogP contribution in [-0.2, 0) is 10.0 Å². The molecule has 1 atom stereocenters. The van der Waals surface area contributed by atoms with Crippen LogP contribution >= 0.6 is 11.3 Å². The van der Waals surface area contributed by atoms with Crippen LogP contribution in [0.25, 0.3) is 0 Å². The van der Waals surface area contributed by atoms with Crippen LogP contribution in [0.1, 0.15) is 17.8 Å². The minimum absolute atomic E-state index is 0.154. The van der Waals surface area contributed by atoms with Gasteiger partial charge < -0.3 is 5.73 Å². The lowest BCUT2D eigenvalue weighted by atomic mass is 10.3. The topological polar surface area (TPSA) is 63.4 Å². The molecule has 0 saturated heterocycles. The van der Waals surface area contributed by atoms with Crippen LogP contribution in [0.5, 0.6) is 0 Å². The molecule has 0 aliphatic heterocycles. The Kier molecular flexibility index (Phi) is 3.93. The Morgan fingerprint density at radius 3 is 2.47 bits per heavy atom. The molecule has 0 amide bonds. The molecule has 4 nitrogen and oxygen atoms in total. The Labute approximate surface area is 117 Å². The predicted molar refractivity (Wildman–Crippen MR) is 78.5 cm³/mol. The maximum Gasteiger partial charge on any atom is 0.245 e. The van der Waals surface area contributed by atoms with Crippen molar-refractivity contribution >= 4 is 27.0 Å². The van der Waals surface area contributed by atoms with Gasteiger partial charge >= 0.3 is 0 Å². The van der Waals surface area contributed by atoms with Crippen LogP contribution in [-0.4, -0.2) is 19.8 Å². The first-order valence-corrected chi connectivity index (χ1v) is 8.12. The normalized spacial score (nSPS) is 13.6. The summed E-state index contributed by atoms with van der Waals surface area (Å²) in [6, 6.07) is 10.1. The van der Waals surface area contributed by atoms with Gasteiger partial charge in [0.1, 0.15) is 4.90 Å². The summed E-state index contributed by atoms with van der Waals surface area (Å²) in [5, 5.41) is 1.93. The molecule has 1 aromatic carbocycles. The fraction of sp³-hybridized carbons (Fsp3) is 0.231. The second kappa shape index (κ2) is 5.32. The second-order valence-corrected chi connectivity index (χ2v) is 7.20. The molecule has 2 N–H and O–H groups in total. The minimum Gasteiger partial charge on any atom is -0.398 e. The Morgan fingerprint density at radius 1 is 1.21 bits per heavy atom. The number of rotatable bonds is 4. The zero-order valence-corrected chi connectivity index (χ0v) is 12.4. The van der Waals surface area contributed by atoms with Gasteiger partial charge in [0.15, 0.2) is 0 Å². The summed E-state index contributed by atoms with van der Waals surface area (Å²) in [6.07, 6.45) is 0. The van der Waals surface area contributed by atoms with Crippen molar-refractivity contribution in [3.63, 3.8) is 0 Å². The van der Waals surface area contributed by atoms with Crippen molar-refractivity contribution in [1.82, 2.24) is 4.31 Å². The van der Waals surface area contributed by atoms with Crippen molar-refractivity contribution in [2.24, 2.45) is 0 Å². The Balaban J connectivity index is 2.38. The molecule has 0 radical (unpaired) electrons. The molecule has 1 unspecified atom stereocenters. The van der Waals surface area contributed by atoms with Gasteiger partial charge in [-0.15, -0.1) is 11.3 Å². The van der Waals surface area contributed by atoms with Crippen molar-refractivity contribution in [2.75, 3.05) is 12.8 Å². The van der Waals surface area contributed by atoms with E-state index in [1.54, 1.807) is 25.2 Å². The number of nitrogens with zero attached hydrogens (tertiary/aromatic N) is 1. The first-order valence-electron chi connectivity index (χ1n) is 5.80. The number of nitrogen functional groups attached to an aromatic ring is 1. The molecule has 0 saturated carbocycles. The summed E-state index contributed by atoms with van der Waals surface area (Å²) >= 11 is 1.54. The molecule has 19 heavy (non-hydrogen) atoms. The van der Waals surface area contributed by atoms with Crippen LogP contribution < -0.4 is 5.73 Å². The zero-order chi connectivity index (χ0) is 14.0. The fourth-order valence-electron chi connectivity index (χ4n) is 1.79. The highest BCUT2D eigenvalue weighted by Gasteiger charge is 2.28. The van der Waals surface area contributed by atoms with Crippen LogP contribution in [0.15, 0.2) is 46.7 Å². The number of benzene rings is 1. The summed E-state index contributed by atoms with van der Waals surface area (Å²) in [6.45, 7) is 1.86. The molecule has 0 aliphatic carbocycles. The van der Waals surface area contributed by atoms with E-state index in [9.17, 15) is 8.42 Å². The number of sulfonamides is 1. The van der Waals surface area contributed by atoms with Gasteiger partial charge in [0.2, 0.25) is 10.0 Å². The molecular formula is C13H16N2O2S2. The summed E-state index contributed by atoms with van der Waals surface area (Å²) in [7, 11) is -2.00. The van der Waals surface area contributed by atoms with Gasteiger partial charge in [-0.25, -0.2) is 8.42 Å². The van der Waals surface area contributed by atoms with E-state index in [4.69, 9.17) is 5.73 Å². The Bertz CT molecular complexity index is 651. The SMILES string of the molecule is CC(c1cccs1)N(C)S(=O)(=O)c1ccccc1N. The average Bonchev–Trinajstić information content (AvgIpc) is 2.91. The molecule has 2 rings (SSSR count). The summed E-state index contributed by atoms with van der Waals surface area (Å²) in [5.74, 6) is 0. The van der Waals surface area contributed by atoms with Gasteiger partial charge in [-0.3, -0.25) is 0 Å². The third-order valence-electron chi connectivity index (χ3n) is 3.08. The summed E-state index contributed by atoms with van der Waals surface area (Å²) in [4.78, 5) is 1.15. The number of anilines is 1. The molecule has 0 bridgehead atoms. The van der Waals surface area contributed by atoms with Gasteiger partial charge in [-0.05, 0) is 30.5 Å². The molecule has 2 aromatic rings. The fourth-order valence-corrected chi connectivity index (χ4v) is 4.14. The first-order chi connectivity index (χ1) is 8.94. The molecule has 1 aromatic heterocycles. The molecule has 6 heteroatoms. The quantitative estimate of drug-likeness (QED) is 0.882. The summed E-state index contributed by atoms with van der Waals surface area (Å²) < 4.78 is 26.4. The largest absolute Gasteiger partial charge is 0.398 e. The highest BCUT2D eigenvalue weighted by Crippen LogP contribution is 2.30. The van der Waals surface area contributed by atoms with Gasteiger partial charge in [-0.1, -0.05) is 18.2 Å². The second-order valence-electron chi connectivity index (χ2n) is 4.25. The predicted octanol–water partition coefficient (Wildman–Crippen LogP) is 2.71. The maximum atomic E-state index is 12.5. The van der Waals surface area contributed by atoms with Crippen molar-refractivity contribution in [2.45, 2.75) is 17.9 Å². The third kappa shape index (κ3) is 2.65. The number of nitrogens with two attached hydrogens (primary N) is 1. The van der Waals surface area contributed by atoms with Crippen LogP contribution in [0, 0.1) is 0 Å². The Morgan fingerprint density at radius 2 is 1.89 bits per heavy atom. The van der Waals surface area contributed by atoms with Crippen molar-refractivity contribution < 1.29 is 8.42 Å². The molecule has 1 heterocycles. The Hall–Kier alpha value is -1.37. The third-order valence-corrected chi connectivity index (χ3v) is 6.12. The smallest absolute Gasteiger partial charge is 0.245 e. The van der Waals surface area contributed by atoms with Gasteiger partial charge in [0.25, 0.3) is 0 Å². The minimum atomic E-state index is -3.58. The van der Waals surface area contributed by atoms with Crippen LogP contribution in [0.4, 0.5) is 5.69 Å². The van der Waals surface area contributed by atoms with Gasteiger partial charge in [-0.2, -0.15) is 4.31 Å². The lowest BCUT2D eigenvalue weighted by Crippen LogP contribution is -2.29. The molecular weight excluding hydrogens is 280 g/mol. The van der Waals surface area contributed by atoms with Gasteiger partial charge in [0.05, 0.1) is 11.7 Å². The number of hydrogen-bond donors (Lipinski definition) is 1. The van der Waals surface area contributed by atoms with Gasteiger partial charge in [0, 0.05) is 11.9 Å².